The van der Waals surface area contributed by atoms with E-state index in [1.54, 1.807) is 6.08 Å². The predicted octanol–water partition coefficient (Wildman–Crippen LogP) is 3.28. The first kappa shape index (κ1) is 13.5. The van der Waals surface area contributed by atoms with Crippen molar-refractivity contribution in [1.29, 1.82) is 0 Å². The number of benzene rings is 1. The smallest absolute Gasteiger partial charge is 0.293 e. The van der Waals surface area contributed by atoms with Crippen LogP contribution < -0.4 is 0 Å². The molecule has 0 spiro atoms. The zero-order valence-electron chi connectivity index (χ0n) is 10.7. The van der Waals surface area contributed by atoms with Crippen molar-refractivity contribution in [2.24, 2.45) is 0 Å². The van der Waals surface area contributed by atoms with E-state index < -0.39 is 11.6 Å². The van der Waals surface area contributed by atoms with Crippen molar-refractivity contribution in [2.75, 3.05) is 0 Å². The van der Waals surface area contributed by atoms with Gasteiger partial charge < -0.3 is 0 Å². The van der Waals surface area contributed by atoms with Gasteiger partial charge in [-0.1, -0.05) is 29.8 Å². The first-order valence-electron chi connectivity index (χ1n) is 5.51. The van der Waals surface area contributed by atoms with Crippen molar-refractivity contribution in [1.82, 2.24) is 0 Å². The minimum Gasteiger partial charge on any atom is -0.293 e. The van der Waals surface area contributed by atoms with E-state index in [4.69, 9.17) is 4.89 Å². The summed E-state index contributed by atoms with van der Waals surface area (Å²) in [6, 6.07) is 7.83. The Morgan fingerprint density at radius 2 is 1.76 bits per heavy atom. The molecular formula is C14H18O3. The molecule has 0 aliphatic heterocycles. The lowest BCUT2D eigenvalue weighted by molar-refractivity contribution is -0.316. The average Bonchev–Trinajstić information content (AvgIpc) is 2.25. The number of rotatable bonds is 3. The van der Waals surface area contributed by atoms with Crippen molar-refractivity contribution in [3.63, 3.8) is 0 Å². The van der Waals surface area contributed by atoms with Crippen molar-refractivity contribution < 1.29 is 14.6 Å². The third-order valence-electron chi connectivity index (χ3n) is 1.86. The van der Waals surface area contributed by atoms with Crippen LogP contribution in [0.25, 0.3) is 6.08 Å². The van der Waals surface area contributed by atoms with Gasteiger partial charge in [-0.2, -0.15) is 4.89 Å². The fourth-order valence-corrected chi connectivity index (χ4v) is 1.04. The summed E-state index contributed by atoms with van der Waals surface area (Å²) < 4.78 is 0. The van der Waals surface area contributed by atoms with Gasteiger partial charge in [0.2, 0.25) is 0 Å². The Morgan fingerprint density at radius 3 is 2.29 bits per heavy atom. The van der Waals surface area contributed by atoms with E-state index in [-0.39, 0.29) is 0 Å². The number of carbonyl (C=O) groups excluding carboxylic acids is 1. The van der Waals surface area contributed by atoms with Crippen molar-refractivity contribution in [2.45, 2.75) is 33.3 Å². The maximum Gasteiger partial charge on any atom is 0.365 e. The van der Waals surface area contributed by atoms with Crippen LogP contribution in [0.15, 0.2) is 30.3 Å². The van der Waals surface area contributed by atoms with Gasteiger partial charge in [0, 0.05) is 6.08 Å². The zero-order valence-corrected chi connectivity index (χ0v) is 10.7. The summed E-state index contributed by atoms with van der Waals surface area (Å²) in [5.41, 5.74) is 1.64. The second-order valence-electron chi connectivity index (χ2n) is 4.84. The van der Waals surface area contributed by atoms with Gasteiger partial charge >= 0.3 is 5.97 Å². The molecule has 0 saturated heterocycles. The highest BCUT2D eigenvalue weighted by Crippen LogP contribution is 2.08. The molecule has 1 rings (SSSR count). The zero-order chi connectivity index (χ0) is 12.9. The van der Waals surface area contributed by atoms with Crippen LogP contribution >= 0.6 is 0 Å². The standard InChI is InChI=1S/C14H18O3/c1-11-5-7-12(8-6-11)9-10-13(15)16-17-14(2,3)4/h5-10H,1-4H3. The van der Waals surface area contributed by atoms with Gasteiger partial charge in [0.1, 0.15) is 5.60 Å². The molecule has 0 fully saturated rings. The molecule has 0 aliphatic carbocycles. The maximum absolute atomic E-state index is 11.3. The van der Waals surface area contributed by atoms with E-state index >= 15 is 0 Å². The average molecular weight is 234 g/mol. The van der Waals surface area contributed by atoms with Crippen molar-refractivity contribution in [3.05, 3.63) is 41.5 Å². The Balaban J connectivity index is 2.48. The highest BCUT2D eigenvalue weighted by molar-refractivity contribution is 5.86. The molecule has 0 unspecified atom stereocenters. The van der Waals surface area contributed by atoms with E-state index in [1.807, 2.05) is 52.0 Å². The molecule has 3 heteroatoms. The van der Waals surface area contributed by atoms with Gasteiger partial charge in [-0.3, -0.25) is 4.89 Å². The predicted molar refractivity (Wildman–Crippen MR) is 67.1 cm³/mol. The lowest BCUT2D eigenvalue weighted by atomic mass is 10.1. The molecule has 17 heavy (non-hydrogen) atoms. The number of hydrogen-bond acceptors (Lipinski definition) is 3. The molecule has 0 atom stereocenters. The highest BCUT2D eigenvalue weighted by Gasteiger charge is 2.13. The van der Waals surface area contributed by atoms with E-state index in [0.717, 1.165) is 5.56 Å². The van der Waals surface area contributed by atoms with Crippen molar-refractivity contribution >= 4 is 12.0 Å². The Hall–Kier alpha value is -1.61. The molecule has 0 heterocycles. The van der Waals surface area contributed by atoms with Gasteiger partial charge in [-0.15, -0.1) is 0 Å². The van der Waals surface area contributed by atoms with E-state index in [2.05, 4.69) is 4.89 Å². The summed E-state index contributed by atoms with van der Waals surface area (Å²) in [6.07, 6.45) is 3.03. The maximum atomic E-state index is 11.3. The molecule has 0 aliphatic rings. The fourth-order valence-electron chi connectivity index (χ4n) is 1.04. The van der Waals surface area contributed by atoms with Crippen molar-refractivity contribution in [3.8, 4) is 0 Å². The molecule has 0 radical (unpaired) electrons. The molecule has 1 aromatic rings. The van der Waals surface area contributed by atoms with Crippen LogP contribution in [0.2, 0.25) is 0 Å². The van der Waals surface area contributed by atoms with E-state index in [9.17, 15) is 4.79 Å². The van der Waals surface area contributed by atoms with Gasteiger partial charge in [-0.05, 0) is 39.3 Å². The molecule has 0 N–H and O–H groups in total. The largest absolute Gasteiger partial charge is 0.365 e. The second-order valence-corrected chi connectivity index (χ2v) is 4.84. The normalized spacial score (nSPS) is 11.8. The summed E-state index contributed by atoms with van der Waals surface area (Å²) in [7, 11) is 0. The molecule has 3 nitrogen and oxygen atoms in total. The van der Waals surface area contributed by atoms with Crippen LogP contribution in [-0.4, -0.2) is 11.6 Å². The van der Waals surface area contributed by atoms with Crippen LogP contribution in [0.4, 0.5) is 0 Å². The summed E-state index contributed by atoms with van der Waals surface area (Å²) in [5.74, 6) is -0.513. The van der Waals surface area contributed by atoms with Gasteiger partial charge in [0.05, 0.1) is 0 Å². The van der Waals surface area contributed by atoms with Gasteiger partial charge in [0.25, 0.3) is 0 Å². The first-order valence-corrected chi connectivity index (χ1v) is 5.51. The van der Waals surface area contributed by atoms with E-state index in [1.165, 1.54) is 11.6 Å². The molecule has 1 aromatic carbocycles. The second kappa shape index (κ2) is 5.64. The summed E-state index contributed by atoms with van der Waals surface area (Å²) >= 11 is 0. The third kappa shape index (κ3) is 5.88. The van der Waals surface area contributed by atoms with Gasteiger partial charge in [0.15, 0.2) is 0 Å². The Bertz CT molecular complexity index is 396. The lowest BCUT2D eigenvalue weighted by Gasteiger charge is -2.15. The SMILES string of the molecule is Cc1ccc(C=CC(=O)OOC(C)(C)C)cc1. The first-order chi connectivity index (χ1) is 7.87. The monoisotopic (exact) mass is 234 g/mol. The minimum atomic E-state index is -0.513. The Labute approximate surface area is 102 Å². The minimum absolute atomic E-state index is 0.493. The molecule has 0 saturated carbocycles. The molecule has 0 bridgehead atoms. The third-order valence-corrected chi connectivity index (χ3v) is 1.86. The summed E-state index contributed by atoms with van der Waals surface area (Å²) in [4.78, 5) is 20.8. The Kier molecular flexibility index (Phi) is 4.46. The lowest BCUT2D eigenvalue weighted by Crippen LogP contribution is -2.21. The van der Waals surface area contributed by atoms with Gasteiger partial charge in [-0.25, -0.2) is 4.79 Å². The highest BCUT2D eigenvalue weighted by atomic mass is 17.2. The fraction of sp³-hybridized carbons (Fsp3) is 0.357. The molecule has 0 aromatic heterocycles. The molecule has 0 amide bonds. The quantitative estimate of drug-likeness (QED) is 0.457. The van der Waals surface area contributed by atoms with Crippen LogP contribution in [0, 0.1) is 6.92 Å². The van der Waals surface area contributed by atoms with E-state index in [0.29, 0.717) is 0 Å². The van der Waals surface area contributed by atoms with Crippen LogP contribution in [-0.2, 0) is 14.6 Å². The van der Waals surface area contributed by atoms with Crippen LogP contribution in [0.3, 0.4) is 0 Å². The molecule has 92 valence electrons. The number of hydrogen-bond donors (Lipinski definition) is 0. The Morgan fingerprint density at radius 1 is 1.18 bits per heavy atom. The van der Waals surface area contributed by atoms with Crippen LogP contribution in [0.1, 0.15) is 31.9 Å². The summed E-state index contributed by atoms with van der Waals surface area (Å²) in [6.45, 7) is 7.44. The molecular weight excluding hydrogens is 216 g/mol. The number of carbonyl (C=O) groups is 1. The topological polar surface area (TPSA) is 35.5 Å². The number of aryl methyl sites for hydroxylation is 1. The summed E-state index contributed by atoms with van der Waals surface area (Å²) in [5, 5.41) is 0. The van der Waals surface area contributed by atoms with Crippen LogP contribution in [0.5, 0.6) is 0 Å².